The van der Waals surface area contributed by atoms with E-state index in [4.69, 9.17) is 16.3 Å². The fraction of sp³-hybridized carbons (Fsp3) is 0.448. The van der Waals surface area contributed by atoms with E-state index in [1.807, 2.05) is 6.07 Å². The predicted octanol–water partition coefficient (Wildman–Crippen LogP) is 6.18. The van der Waals surface area contributed by atoms with Crippen molar-refractivity contribution >= 4 is 28.5 Å². The Morgan fingerprint density at radius 3 is 2.55 bits per heavy atom. The molecule has 0 radical (unpaired) electrons. The quantitative estimate of drug-likeness (QED) is 0.299. The second-order valence-corrected chi connectivity index (χ2v) is 10.7. The maximum absolute atomic E-state index is 13.4. The summed E-state index contributed by atoms with van der Waals surface area (Å²) in [6.07, 6.45) is 4.31. The van der Waals surface area contributed by atoms with Crippen LogP contribution in [0.1, 0.15) is 55.8 Å². The van der Waals surface area contributed by atoms with E-state index in [1.54, 1.807) is 19.2 Å². The Labute approximate surface area is 226 Å². The number of benzene rings is 2. The summed E-state index contributed by atoms with van der Waals surface area (Å²) >= 11 is 6.46. The number of hydrogen-bond donors (Lipinski definition) is 2. The average molecular weight is 547 g/mol. The summed E-state index contributed by atoms with van der Waals surface area (Å²) in [5.74, 6) is -1.36. The number of fused-ring (bicyclic) bond motifs is 1. The summed E-state index contributed by atoms with van der Waals surface area (Å²) in [4.78, 5) is 18.4. The van der Waals surface area contributed by atoms with Gasteiger partial charge in [-0.25, -0.2) is 8.78 Å². The molecule has 2 aromatic carbocycles. The minimum absolute atomic E-state index is 0.0365. The molecule has 0 amide bonds. The van der Waals surface area contributed by atoms with Crippen LogP contribution in [0.25, 0.3) is 10.9 Å². The van der Waals surface area contributed by atoms with Crippen molar-refractivity contribution in [1.82, 2.24) is 9.88 Å². The van der Waals surface area contributed by atoms with Gasteiger partial charge in [0.15, 0.2) is 0 Å². The predicted molar refractivity (Wildman–Crippen MR) is 143 cm³/mol. The number of likely N-dealkylation sites (tertiary alicyclic amines) is 1. The lowest BCUT2D eigenvalue weighted by molar-refractivity contribution is -0.141. The van der Waals surface area contributed by atoms with Gasteiger partial charge >= 0.3 is 5.97 Å². The fourth-order valence-corrected chi connectivity index (χ4v) is 5.85. The van der Waals surface area contributed by atoms with E-state index < -0.39 is 29.1 Å². The Bertz CT molecular complexity index is 1260. The number of carboxylic acid groups (broad SMARTS) is 1. The summed E-state index contributed by atoms with van der Waals surface area (Å²) in [5, 5.41) is 21.9. The molecule has 1 aliphatic heterocycles. The number of rotatable bonds is 11. The van der Waals surface area contributed by atoms with Crippen LogP contribution in [0, 0.1) is 17.0 Å². The first-order valence-corrected chi connectivity index (χ1v) is 13.3. The largest absolute Gasteiger partial charge is 0.497 e. The molecule has 9 heteroatoms. The number of carboxylic acids is 1. The van der Waals surface area contributed by atoms with Gasteiger partial charge in [0.25, 0.3) is 0 Å². The van der Waals surface area contributed by atoms with Crippen LogP contribution in [0.5, 0.6) is 5.75 Å². The van der Waals surface area contributed by atoms with Gasteiger partial charge in [-0.05, 0) is 99.5 Å². The van der Waals surface area contributed by atoms with Gasteiger partial charge in [-0.15, -0.1) is 0 Å². The summed E-state index contributed by atoms with van der Waals surface area (Å²) in [6, 6.07) is 9.00. The average Bonchev–Trinajstić information content (AvgIpc) is 2.87. The third kappa shape index (κ3) is 6.98. The van der Waals surface area contributed by atoms with Crippen molar-refractivity contribution in [2.45, 2.75) is 51.0 Å². The number of piperidine rings is 1. The van der Waals surface area contributed by atoms with Crippen LogP contribution in [0.4, 0.5) is 8.78 Å². The molecular formula is C29H33ClF2N2O4. The molecule has 38 heavy (non-hydrogen) atoms. The maximum Gasteiger partial charge on any atom is 0.303 e. The molecule has 0 unspecified atom stereocenters. The fourth-order valence-electron chi connectivity index (χ4n) is 5.57. The van der Waals surface area contributed by atoms with Crippen molar-refractivity contribution in [3.8, 4) is 5.75 Å². The lowest BCUT2D eigenvalue weighted by Gasteiger charge is -2.41. The van der Waals surface area contributed by atoms with Gasteiger partial charge in [-0.2, -0.15) is 0 Å². The third-order valence-electron chi connectivity index (χ3n) is 7.65. The Balaban J connectivity index is 1.38. The molecule has 1 aliphatic rings. The van der Waals surface area contributed by atoms with Crippen molar-refractivity contribution in [2.24, 2.45) is 5.41 Å². The first-order chi connectivity index (χ1) is 18.2. The highest BCUT2D eigenvalue weighted by Crippen LogP contribution is 2.43. The number of aliphatic carboxylic acids is 1. The zero-order valence-electron chi connectivity index (χ0n) is 21.4. The molecule has 1 atom stereocenters. The zero-order chi connectivity index (χ0) is 27.3. The SMILES string of the molecule is COc1ccc2ncc(Cl)c([C@H](O)CCC3(CC(=O)O)CCN(CCCc4cc(F)cc(F)c4)CC3)c2c1. The molecule has 3 aromatic rings. The van der Waals surface area contributed by atoms with Crippen molar-refractivity contribution in [3.63, 3.8) is 0 Å². The molecule has 0 spiro atoms. The third-order valence-corrected chi connectivity index (χ3v) is 7.96. The zero-order valence-corrected chi connectivity index (χ0v) is 22.2. The Morgan fingerprint density at radius 1 is 1.18 bits per heavy atom. The number of hydrogen-bond acceptors (Lipinski definition) is 5. The number of aliphatic hydroxyl groups excluding tert-OH is 1. The highest BCUT2D eigenvalue weighted by Gasteiger charge is 2.37. The molecule has 0 bridgehead atoms. The van der Waals surface area contributed by atoms with E-state index in [0.717, 1.165) is 32.1 Å². The van der Waals surface area contributed by atoms with Crippen LogP contribution in [0.15, 0.2) is 42.6 Å². The van der Waals surface area contributed by atoms with E-state index in [1.165, 1.54) is 18.3 Å². The van der Waals surface area contributed by atoms with Gasteiger partial charge in [0.05, 0.1) is 30.2 Å². The van der Waals surface area contributed by atoms with Crippen molar-refractivity contribution < 1.29 is 28.5 Å². The normalized spacial score (nSPS) is 16.4. The van der Waals surface area contributed by atoms with Gasteiger partial charge in [0.2, 0.25) is 0 Å². The van der Waals surface area contributed by atoms with Crippen LogP contribution in [-0.2, 0) is 11.2 Å². The van der Waals surface area contributed by atoms with Crippen LogP contribution >= 0.6 is 11.6 Å². The van der Waals surface area contributed by atoms with E-state index in [2.05, 4.69) is 9.88 Å². The number of aromatic nitrogens is 1. The molecule has 1 aromatic heterocycles. The van der Waals surface area contributed by atoms with Gasteiger partial charge in [0, 0.05) is 23.2 Å². The second-order valence-electron chi connectivity index (χ2n) is 10.3. The summed E-state index contributed by atoms with van der Waals surface area (Å²) in [7, 11) is 1.57. The Kier molecular flexibility index (Phi) is 9.18. The number of methoxy groups -OCH3 is 1. The lowest BCUT2D eigenvalue weighted by Crippen LogP contribution is -2.41. The van der Waals surface area contributed by atoms with E-state index >= 15 is 0 Å². The van der Waals surface area contributed by atoms with E-state index in [9.17, 15) is 23.8 Å². The number of halogens is 3. The van der Waals surface area contributed by atoms with Crippen LogP contribution < -0.4 is 4.74 Å². The van der Waals surface area contributed by atoms with Crippen LogP contribution in [-0.4, -0.2) is 52.8 Å². The second kappa shape index (κ2) is 12.4. The van der Waals surface area contributed by atoms with Gasteiger partial charge in [-0.1, -0.05) is 11.6 Å². The molecule has 0 saturated carbocycles. The lowest BCUT2D eigenvalue weighted by atomic mass is 9.71. The number of aliphatic hydroxyl groups is 1. The van der Waals surface area contributed by atoms with Gasteiger partial charge < -0.3 is 19.8 Å². The summed E-state index contributed by atoms with van der Waals surface area (Å²) in [5.41, 5.74) is 1.47. The molecule has 1 saturated heterocycles. The molecule has 1 fully saturated rings. The first-order valence-electron chi connectivity index (χ1n) is 12.9. The summed E-state index contributed by atoms with van der Waals surface area (Å²) in [6.45, 7) is 2.23. The monoisotopic (exact) mass is 546 g/mol. The first kappa shape index (κ1) is 28.2. The highest BCUT2D eigenvalue weighted by atomic mass is 35.5. The van der Waals surface area contributed by atoms with E-state index in [0.29, 0.717) is 64.9 Å². The molecule has 2 N–H and O–H groups in total. The standard InChI is InChI=1S/C29H33ClF2N2O4/c1-38-22-4-5-25-23(16-22)28(24(30)18-33-25)26(35)6-7-29(17-27(36)37)8-11-34(12-9-29)10-2-3-19-13-20(31)15-21(32)14-19/h4-5,13-16,18,26,35H,2-3,6-12,17H2,1H3,(H,36,37)/t26-/m1/s1. The Morgan fingerprint density at radius 2 is 1.89 bits per heavy atom. The molecule has 2 heterocycles. The van der Waals surface area contributed by atoms with Crippen molar-refractivity contribution in [2.75, 3.05) is 26.7 Å². The number of pyridine rings is 1. The van der Waals surface area contributed by atoms with E-state index in [-0.39, 0.29) is 6.42 Å². The maximum atomic E-state index is 13.4. The summed E-state index contributed by atoms with van der Waals surface area (Å²) < 4.78 is 32.2. The number of ether oxygens (including phenoxy) is 1. The number of nitrogens with zero attached hydrogens (tertiary/aromatic N) is 2. The van der Waals surface area contributed by atoms with Crippen LogP contribution in [0.2, 0.25) is 5.02 Å². The number of aryl methyl sites for hydroxylation is 1. The number of carbonyl (C=O) groups is 1. The van der Waals surface area contributed by atoms with Crippen molar-refractivity contribution in [3.05, 3.63) is 70.4 Å². The molecule has 204 valence electrons. The topological polar surface area (TPSA) is 82.9 Å². The minimum atomic E-state index is -0.879. The van der Waals surface area contributed by atoms with Gasteiger partial charge in [-0.3, -0.25) is 9.78 Å². The molecular weight excluding hydrogens is 514 g/mol. The minimum Gasteiger partial charge on any atom is -0.497 e. The smallest absolute Gasteiger partial charge is 0.303 e. The van der Waals surface area contributed by atoms with Crippen molar-refractivity contribution in [1.29, 1.82) is 0 Å². The van der Waals surface area contributed by atoms with Crippen LogP contribution in [0.3, 0.4) is 0 Å². The highest BCUT2D eigenvalue weighted by molar-refractivity contribution is 6.32. The molecule has 4 rings (SSSR count). The molecule has 0 aliphatic carbocycles. The molecule has 6 nitrogen and oxygen atoms in total. The van der Waals surface area contributed by atoms with Gasteiger partial charge in [0.1, 0.15) is 17.4 Å². The Hall–Kier alpha value is -2.81.